The number of rotatable bonds is 4. The Bertz CT molecular complexity index is 774. The molecule has 1 fully saturated rings. The fourth-order valence-corrected chi connectivity index (χ4v) is 4.82. The van der Waals surface area contributed by atoms with E-state index >= 15 is 0 Å². The predicted octanol–water partition coefficient (Wildman–Crippen LogP) is 1.55. The van der Waals surface area contributed by atoms with E-state index < -0.39 is 32.5 Å². The lowest BCUT2D eigenvalue weighted by atomic mass is 9.99. The van der Waals surface area contributed by atoms with E-state index in [9.17, 15) is 23.3 Å². The van der Waals surface area contributed by atoms with Crippen molar-refractivity contribution in [2.75, 3.05) is 13.1 Å². The Morgan fingerprint density at radius 2 is 1.96 bits per heavy atom. The summed E-state index contributed by atoms with van der Waals surface area (Å²) in [5.41, 5.74) is 0.446. The standard InChI is InChI=1S/C14H18N2O6S/c1-8-4-5-12(16(19)20)13(10(8)3)23(21,22)15-6-9(2)11(7-15)14(17)18/h4-5,9,11H,6-7H2,1-3H3,(H,17,18)/t9-,11-/m1/s1. The van der Waals surface area contributed by atoms with Crippen LogP contribution in [0.15, 0.2) is 17.0 Å². The van der Waals surface area contributed by atoms with Crippen molar-refractivity contribution >= 4 is 21.7 Å². The number of nitrogens with zero attached hydrogens (tertiary/aromatic N) is 2. The molecule has 23 heavy (non-hydrogen) atoms. The van der Waals surface area contributed by atoms with Gasteiger partial charge in [0, 0.05) is 19.2 Å². The van der Waals surface area contributed by atoms with E-state index in [1.165, 1.54) is 19.1 Å². The molecule has 0 aromatic heterocycles. The maximum absolute atomic E-state index is 12.9. The number of carboxylic acid groups (broad SMARTS) is 1. The third-order valence-corrected chi connectivity index (χ3v) is 6.36. The summed E-state index contributed by atoms with van der Waals surface area (Å²) >= 11 is 0. The van der Waals surface area contributed by atoms with Crippen LogP contribution in [-0.4, -0.2) is 41.8 Å². The van der Waals surface area contributed by atoms with Crippen LogP contribution >= 0.6 is 0 Å². The van der Waals surface area contributed by atoms with Crippen LogP contribution in [-0.2, 0) is 14.8 Å². The minimum Gasteiger partial charge on any atom is -0.481 e. The SMILES string of the molecule is Cc1ccc([N+](=O)[O-])c(S(=O)(=O)N2C[C@@H](C)[C@H](C(=O)O)C2)c1C. The molecule has 0 bridgehead atoms. The van der Waals surface area contributed by atoms with Crippen molar-refractivity contribution in [3.63, 3.8) is 0 Å². The average molecular weight is 342 g/mol. The van der Waals surface area contributed by atoms with Gasteiger partial charge in [0.2, 0.25) is 10.0 Å². The Morgan fingerprint density at radius 3 is 2.43 bits per heavy atom. The molecule has 0 aliphatic carbocycles. The molecule has 0 amide bonds. The molecule has 1 aromatic rings. The lowest BCUT2D eigenvalue weighted by molar-refractivity contribution is -0.388. The Hall–Kier alpha value is -2.00. The molecule has 126 valence electrons. The second kappa shape index (κ2) is 5.89. The van der Waals surface area contributed by atoms with Crippen LogP contribution in [0.1, 0.15) is 18.1 Å². The molecule has 9 heteroatoms. The maximum atomic E-state index is 12.9. The molecular formula is C14H18N2O6S. The summed E-state index contributed by atoms with van der Waals surface area (Å²) in [4.78, 5) is 21.3. The second-order valence-corrected chi connectivity index (χ2v) is 7.73. The summed E-state index contributed by atoms with van der Waals surface area (Å²) in [6.45, 7) is 4.70. The molecule has 8 nitrogen and oxygen atoms in total. The highest BCUT2D eigenvalue weighted by atomic mass is 32.2. The fourth-order valence-electron chi connectivity index (χ4n) is 2.81. The summed E-state index contributed by atoms with van der Waals surface area (Å²) in [6, 6.07) is 2.67. The normalized spacial score (nSPS) is 22.2. The number of benzene rings is 1. The van der Waals surface area contributed by atoms with E-state index in [0.717, 1.165) is 4.31 Å². The van der Waals surface area contributed by atoms with E-state index in [2.05, 4.69) is 0 Å². The molecule has 1 aromatic carbocycles. The zero-order chi connectivity index (χ0) is 17.5. The van der Waals surface area contributed by atoms with Gasteiger partial charge in [0.25, 0.3) is 5.69 Å². The van der Waals surface area contributed by atoms with Crippen LogP contribution in [0.3, 0.4) is 0 Å². The number of hydrogen-bond donors (Lipinski definition) is 1. The van der Waals surface area contributed by atoms with E-state index in [1.807, 2.05) is 0 Å². The molecule has 1 heterocycles. The Balaban J connectivity index is 2.56. The smallest absolute Gasteiger partial charge is 0.308 e. The highest BCUT2D eigenvalue weighted by Gasteiger charge is 2.43. The maximum Gasteiger partial charge on any atom is 0.308 e. The number of nitro groups is 1. The number of aryl methyl sites for hydroxylation is 1. The summed E-state index contributed by atoms with van der Waals surface area (Å²) in [5, 5.41) is 20.4. The van der Waals surface area contributed by atoms with Gasteiger partial charge >= 0.3 is 5.97 Å². The van der Waals surface area contributed by atoms with Gasteiger partial charge in [0.15, 0.2) is 4.90 Å². The molecule has 1 saturated heterocycles. The largest absolute Gasteiger partial charge is 0.481 e. The van der Waals surface area contributed by atoms with E-state index in [-0.39, 0.29) is 23.9 Å². The van der Waals surface area contributed by atoms with Crippen molar-refractivity contribution in [3.05, 3.63) is 33.4 Å². The first-order valence-electron chi connectivity index (χ1n) is 7.05. The molecule has 2 rings (SSSR count). The average Bonchev–Trinajstić information content (AvgIpc) is 2.84. The first kappa shape index (κ1) is 17.4. The van der Waals surface area contributed by atoms with Crippen LogP contribution in [0.2, 0.25) is 0 Å². The first-order chi connectivity index (χ1) is 10.6. The van der Waals surface area contributed by atoms with Crippen LogP contribution < -0.4 is 0 Å². The van der Waals surface area contributed by atoms with Gasteiger partial charge in [-0.1, -0.05) is 13.0 Å². The monoisotopic (exact) mass is 342 g/mol. The molecule has 0 unspecified atom stereocenters. The third-order valence-electron chi connectivity index (χ3n) is 4.35. The van der Waals surface area contributed by atoms with Crippen molar-refractivity contribution in [1.82, 2.24) is 4.31 Å². The van der Waals surface area contributed by atoms with Gasteiger partial charge in [-0.2, -0.15) is 4.31 Å². The lowest BCUT2D eigenvalue weighted by Crippen LogP contribution is -2.31. The van der Waals surface area contributed by atoms with E-state index in [1.54, 1.807) is 13.8 Å². The number of nitro benzene ring substituents is 1. The molecule has 1 aliphatic rings. The van der Waals surface area contributed by atoms with Crippen molar-refractivity contribution in [1.29, 1.82) is 0 Å². The molecule has 1 N–H and O–H groups in total. The van der Waals surface area contributed by atoms with Gasteiger partial charge < -0.3 is 5.11 Å². The zero-order valence-corrected chi connectivity index (χ0v) is 13.8. The zero-order valence-electron chi connectivity index (χ0n) is 13.0. The Labute approximate surface area is 133 Å². The molecule has 0 saturated carbocycles. The molecule has 2 atom stereocenters. The Morgan fingerprint density at radius 1 is 1.35 bits per heavy atom. The number of aliphatic carboxylic acids is 1. The number of carbonyl (C=O) groups is 1. The summed E-state index contributed by atoms with van der Waals surface area (Å²) in [5.74, 6) is -2.23. The molecule has 1 aliphatic heterocycles. The van der Waals surface area contributed by atoms with Crippen molar-refractivity contribution in [3.8, 4) is 0 Å². The quantitative estimate of drug-likeness (QED) is 0.655. The van der Waals surface area contributed by atoms with Crippen molar-refractivity contribution < 1.29 is 23.2 Å². The van der Waals surface area contributed by atoms with Crippen molar-refractivity contribution in [2.24, 2.45) is 11.8 Å². The highest BCUT2D eigenvalue weighted by Crippen LogP contribution is 2.35. The number of hydrogen-bond acceptors (Lipinski definition) is 5. The van der Waals surface area contributed by atoms with Gasteiger partial charge in [-0.25, -0.2) is 8.42 Å². The highest BCUT2D eigenvalue weighted by molar-refractivity contribution is 7.89. The third kappa shape index (κ3) is 2.93. The van der Waals surface area contributed by atoms with Crippen LogP contribution in [0.5, 0.6) is 0 Å². The van der Waals surface area contributed by atoms with E-state index in [4.69, 9.17) is 5.11 Å². The van der Waals surface area contributed by atoms with Gasteiger partial charge in [0.1, 0.15) is 0 Å². The molecule has 0 radical (unpaired) electrons. The topological polar surface area (TPSA) is 118 Å². The number of sulfonamides is 1. The second-order valence-electron chi connectivity index (χ2n) is 5.86. The number of carboxylic acids is 1. The van der Waals surface area contributed by atoms with Crippen LogP contribution in [0, 0.1) is 35.8 Å². The molecular weight excluding hydrogens is 324 g/mol. The summed E-state index contributed by atoms with van der Waals surface area (Å²) in [7, 11) is -4.14. The van der Waals surface area contributed by atoms with Gasteiger partial charge in [-0.15, -0.1) is 0 Å². The lowest BCUT2D eigenvalue weighted by Gasteiger charge is -2.18. The summed E-state index contributed by atoms with van der Waals surface area (Å²) in [6.07, 6.45) is 0. The van der Waals surface area contributed by atoms with Crippen LogP contribution in [0.4, 0.5) is 5.69 Å². The van der Waals surface area contributed by atoms with Gasteiger partial charge in [0.05, 0.1) is 10.8 Å². The predicted molar refractivity (Wildman–Crippen MR) is 81.6 cm³/mol. The molecule has 0 spiro atoms. The Kier molecular flexibility index (Phi) is 4.45. The summed E-state index contributed by atoms with van der Waals surface area (Å²) < 4.78 is 26.8. The minimum absolute atomic E-state index is 0.0316. The fraction of sp³-hybridized carbons (Fsp3) is 0.500. The minimum atomic E-state index is -4.14. The van der Waals surface area contributed by atoms with Gasteiger partial charge in [-0.05, 0) is 30.9 Å². The first-order valence-corrected chi connectivity index (χ1v) is 8.49. The van der Waals surface area contributed by atoms with E-state index in [0.29, 0.717) is 11.1 Å². The van der Waals surface area contributed by atoms with Gasteiger partial charge in [-0.3, -0.25) is 14.9 Å². The van der Waals surface area contributed by atoms with Crippen LogP contribution in [0.25, 0.3) is 0 Å². The van der Waals surface area contributed by atoms with Crippen molar-refractivity contribution in [2.45, 2.75) is 25.7 Å².